The van der Waals surface area contributed by atoms with Crippen LogP contribution in [-0.2, 0) is 16.9 Å². The summed E-state index contributed by atoms with van der Waals surface area (Å²) in [6.07, 6.45) is 4.51. The van der Waals surface area contributed by atoms with Crippen molar-refractivity contribution >= 4 is 15.4 Å². The maximum absolute atomic E-state index is 13.2. The van der Waals surface area contributed by atoms with Gasteiger partial charge in [-0.2, -0.15) is 0 Å². The molecule has 0 aliphatic rings. The first kappa shape index (κ1) is 19.8. The largest absolute Gasteiger partial charge is 0.457 e. The molecule has 0 unspecified atom stereocenters. The van der Waals surface area contributed by atoms with Crippen LogP contribution in [-0.4, -0.2) is 28.1 Å². The number of nitrogens with zero attached hydrogens (tertiary/aromatic N) is 3. The molecule has 2 aromatic carbocycles. The van der Waals surface area contributed by atoms with Crippen LogP contribution in [0.4, 0.5) is 4.39 Å². The Bertz CT molecular complexity index is 1410. The molecule has 9 heteroatoms. The molecule has 2 heterocycles. The molecule has 0 radical (unpaired) electrons. The molecular formula is C21H18FN3O4S. The Morgan fingerprint density at radius 1 is 1.13 bits per heavy atom. The molecule has 0 saturated carbocycles. The van der Waals surface area contributed by atoms with E-state index < -0.39 is 15.7 Å². The summed E-state index contributed by atoms with van der Waals surface area (Å²) in [6, 6.07) is 10.0. The van der Waals surface area contributed by atoms with Crippen LogP contribution in [0.5, 0.6) is 11.5 Å². The standard InChI is InChI=1S/C21H18FN3O4S/c1-3-30(27,28)16-8-9-20(29-15-6-4-14(22)5-7-15)17(10-16)19-12-24(2)21(26)18-11-23-13-25(18)19/h4-13H,3H2,1-2H3. The van der Waals surface area contributed by atoms with E-state index in [9.17, 15) is 17.6 Å². The predicted molar refractivity (Wildman–Crippen MR) is 110 cm³/mol. The van der Waals surface area contributed by atoms with Gasteiger partial charge in [-0.05, 0) is 42.5 Å². The Balaban J connectivity index is 1.97. The van der Waals surface area contributed by atoms with Crippen molar-refractivity contribution in [1.29, 1.82) is 0 Å². The SMILES string of the molecule is CCS(=O)(=O)c1ccc(Oc2ccc(F)cc2)c(-c2cn(C)c(=O)c3cncn23)c1. The molecule has 0 bridgehead atoms. The summed E-state index contributed by atoms with van der Waals surface area (Å²) in [5, 5.41) is 0. The number of aromatic nitrogens is 3. The molecular weight excluding hydrogens is 409 g/mol. The fourth-order valence-electron chi connectivity index (χ4n) is 3.12. The summed E-state index contributed by atoms with van der Waals surface area (Å²) < 4.78 is 47.1. The maximum Gasteiger partial charge on any atom is 0.276 e. The van der Waals surface area contributed by atoms with Gasteiger partial charge in [0.15, 0.2) is 9.84 Å². The van der Waals surface area contributed by atoms with Gasteiger partial charge in [0.25, 0.3) is 5.56 Å². The monoisotopic (exact) mass is 427 g/mol. The highest BCUT2D eigenvalue weighted by Gasteiger charge is 2.19. The Morgan fingerprint density at radius 2 is 1.87 bits per heavy atom. The molecule has 0 atom stereocenters. The second-order valence-corrected chi connectivity index (χ2v) is 8.97. The van der Waals surface area contributed by atoms with Crippen molar-refractivity contribution in [3.63, 3.8) is 0 Å². The zero-order valence-electron chi connectivity index (χ0n) is 16.2. The van der Waals surface area contributed by atoms with Crippen molar-refractivity contribution in [3.05, 3.63) is 77.4 Å². The third-order valence-corrected chi connectivity index (χ3v) is 6.49. The van der Waals surface area contributed by atoms with Gasteiger partial charge in [-0.25, -0.2) is 17.8 Å². The van der Waals surface area contributed by atoms with Crippen LogP contribution in [0.3, 0.4) is 0 Å². The quantitative estimate of drug-likeness (QED) is 0.487. The number of hydrogen-bond donors (Lipinski definition) is 0. The third kappa shape index (κ3) is 3.48. The molecule has 4 rings (SSSR count). The van der Waals surface area contributed by atoms with E-state index in [0.717, 1.165) is 0 Å². The molecule has 4 aromatic rings. The first-order valence-electron chi connectivity index (χ1n) is 9.12. The van der Waals surface area contributed by atoms with Crippen molar-refractivity contribution in [1.82, 2.24) is 14.0 Å². The number of hydrogen-bond acceptors (Lipinski definition) is 5. The first-order chi connectivity index (χ1) is 14.3. The summed E-state index contributed by atoms with van der Waals surface area (Å²) in [4.78, 5) is 16.6. The second-order valence-electron chi connectivity index (χ2n) is 6.70. The van der Waals surface area contributed by atoms with Crippen molar-refractivity contribution in [2.24, 2.45) is 7.05 Å². The van der Waals surface area contributed by atoms with Gasteiger partial charge in [-0.3, -0.25) is 9.20 Å². The van der Waals surface area contributed by atoms with Gasteiger partial charge in [0.1, 0.15) is 22.8 Å². The number of rotatable bonds is 5. The molecule has 0 N–H and O–H groups in total. The van der Waals surface area contributed by atoms with Gasteiger partial charge in [-0.15, -0.1) is 0 Å². The molecule has 7 nitrogen and oxygen atoms in total. The average Bonchev–Trinajstić information content (AvgIpc) is 3.23. The molecule has 2 aromatic heterocycles. The van der Waals surface area contributed by atoms with E-state index in [1.54, 1.807) is 30.6 Å². The van der Waals surface area contributed by atoms with Gasteiger partial charge < -0.3 is 9.30 Å². The third-order valence-electron chi connectivity index (χ3n) is 4.76. The lowest BCUT2D eigenvalue weighted by molar-refractivity contribution is 0.481. The highest BCUT2D eigenvalue weighted by molar-refractivity contribution is 7.91. The fraction of sp³-hybridized carbons (Fsp3) is 0.143. The van der Waals surface area contributed by atoms with E-state index >= 15 is 0 Å². The lowest BCUT2D eigenvalue weighted by atomic mass is 10.1. The van der Waals surface area contributed by atoms with Crippen LogP contribution in [0.25, 0.3) is 16.8 Å². The van der Waals surface area contributed by atoms with Crippen molar-refractivity contribution < 1.29 is 17.5 Å². The average molecular weight is 427 g/mol. The highest BCUT2D eigenvalue weighted by Crippen LogP contribution is 2.35. The maximum atomic E-state index is 13.2. The zero-order valence-corrected chi connectivity index (χ0v) is 17.1. The molecule has 0 aliphatic carbocycles. The van der Waals surface area contributed by atoms with Crippen molar-refractivity contribution in [2.75, 3.05) is 5.75 Å². The summed E-state index contributed by atoms with van der Waals surface area (Å²) in [6.45, 7) is 1.57. The van der Waals surface area contributed by atoms with Crippen LogP contribution in [0.2, 0.25) is 0 Å². The summed E-state index contributed by atoms with van der Waals surface area (Å²) in [7, 11) is -1.88. The first-order valence-corrected chi connectivity index (χ1v) is 10.8. The second kappa shape index (κ2) is 7.42. The number of aryl methyl sites for hydroxylation is 1. The van der Waals surface area contributed by atoms with E-state index in [0.29, 0.717) is 28.3 Å². The lowest BCUT2D eigenvalue weighted by Crippen LogP contribution is -2.19. The van der Waals surface area contributed by atoms with Gasteiger partial charge in [0.2, 0.25) is 0 Å². The van der Waals surface area contributed by atoms with E-state index in [1.807, 2.05) is 0 Å². The Morgan fingerprint density at radius 3 is 2.57 bits per heavy atom. The smallest absolute Gasteiger partial charge is 0.276 e. The number of imidazole rings is 1. The molecule has 0 aliphatic heterocycles. The van der Waals surface area contributed by atoms with E-state index in [1.165, 1.54) is 53.5 Å². The Hall–Kier alpha value is -3.46. The lowest BCUT2D eigenvalue weighted by Gasteiger charge is -2.15. The predicted octanol–water partition coefficient (Wildman–Crippen LogP) is 3.43. The minimum atomic E-state index is -3.48. The molecule has 0 amide bonds. The molecule has 0 saturated heterocycles. The molecule has 0 spiro atoms. The summed E-state index contributed by atoms with van der Waals surface area (Å²) >= 11 is 0. The fourth-order valence-corrected chi connectivity index (χ4v) is 4.02. The molecule has 0 fully saturated rings. The van der Waals surface area contributed by atoms with Gasteiger partial charge >= 0.3 is 0 Å². The van der Waals surface area contributed by atoms with Gasteiger partial charge in [-0.1, -0.05) is 6.92 Å². The number of fused-ring (bicyclic) bond motifs is 1. The topological polar surface area (TPSA) is 82.7 Å². The minimum Gasteiger partial charge on any atom is -0.457 e. The van der Waals surface area contributed by atoms with Crippen molar-refractivity contribution in [2.45, 2.75) is 11.8 Å². The normalized spacial score (nSPS) is 11.7. The van der Waals surface area contributed by atoms with Crippen LogP contribution in [0.15, 0.2) is 70.9 Å². The van der Waals surface area contributed by atoms with Crippen LogP contribution in [0.1, 0.15) is 6.92 Å². The van der Waals surface area contributed by atoms with E-state index in [4.69, 9.17) is 4.74 Å². The number of benzene rings is 2. The summed E-state index contributed by atoms with van der Waals surface area (Å²) in [5.74, 6) is 0.282. The number of halogens is 1. The van der Waals surface area contributed by atoms with Gasteiger partial charge in [0.05, 0.1) is 28.9 Å². The number of ether oxygens (including phenoxy) is 1. The van der Waals surface area contributed by atoms with E-state index in [2.05, 4.69) is 4.98 Å². The minimum absolute atomic E-state index is 0.0572. The Labute approximate surface area is 171 Å². The zero-order chi connectivity index (χ0) is 21.5. The summed E-state index contributed by atoms with van der Waals surface area (Å²) in [5.41, 5.74) is 1.07. The molecule has 154 valence electrons. The highest BCUT2D eigenvalue weighted by atomic mass is 32.2. The number of sulfone groups is 1. The molecule has 30 heavy (non-hydrogen) atoms. The van der Waals surface area contributed by atoms with Crippen LogP contribution in [0, 0.1) is 5.82 Å². The van der Waals surface area contributed by atoms with E-state index in [-0.39, 0.29) is 16.2 Å². The Kier molecular flexibility index (Phi) is 4.90. The van der Waals surface area contributed by atoms with Crippen LogP contribution >= 0.6 is 0 Å². The van der Waals surface area contributed by atoms with Crippen LogP contribution < -0.4 is 10.3 Å². The van der Waals surface area contributed by atoms with Crippen molar-refractivity contribution in [3.8, 4) is 22.8 Å². The van der Waals surface area contributed by atoms with Gasteiger partial charge in [0, 0.05) is 18.8 Å².